The second-order valence-corrected chi connectivity index (χ2v) is 8.10. The van der Waals surface area contributed by atoms with Gasteiger partial charge in [-0.3, -0.25) is 0 Å². The van der Waals surface area contributed by atoms with Gasteiger partial charge >= 0.3 is 51.4 Å². The van der Waals surface area contributed by atoms with Gasteiger partial charge in [0.25, 0.3) is 0 Å². The van der Waals surface area contributed by atoms with Crippen molar-refractivity contribution in [1.29, 1.82) is 0 Å². The van der Waals surface area contributed by atoms with Crippen molar-refractivity contribution >= 4 is 10.1 Å². The Kier molecular flexibility index (Phi) is 18.3. The standard InChI is InChI=1S/C17H36O4S.K/c1-3-5-6-7-8-9-10-11-12-13-14-16-17(18,15-4-2)22(19,20)21;/h18H,3-16H2,1-2H3,(H,19,20,21);/q;+1/p-1. The van der Waals surface area contributed by atoms with Crippen LogP contribution in [0.5, 0.6) is 0 Å². The van der Waals surface area contributed by atoms with Gasteiger partial charge in [-0.2, -0.15) is 0 Å². The largest absolute Gasteiger partial charge is 1.00 e. The normalized spacial score (nSPS) is 14.3. The van der Waals surface area contributed by atoms with Crippen LogP contribution in [0.1, 0.15) is 104 Å². The van der Waals surface area contributed by atoms with Gasteiger partial charge in [-0.05, 0) is 19.3 Å². The molecule has 0 aromatic heterocycles. The topological polar surface area (TPSA) is 77.4 Å². The van der Waals surface area contributed by atoms with Crippen LogP contribution in [-0.4, -0.2) is 23.0 Å². The Bertz CT molecular complexity index is 360. The summed E-state index contributed by atoms with van der Waals surface area (Å²) in [5, 5.41) is 9.99. The molecule has 134 valence electrons. The van der Waals surface area contributed by atoms with Crippen LogP contribution in [0.2, 0.25) is 0 Å². The molecule has 0 aromatic rings. The van der Waals surface area contributed by atoms with E-state index in [0.717, 1.165) is 19.3 Å². The zero-order chi connectivity index (χ0) is 16.9. The third-order valence-corrected chi connectivity index (χ3v) is 5.62. The van der Waals surface area contributed by atoms with Crippen LogP contribution in [0, 0.1) is 0 Å². The van der Waals surface area contributed by atoms with Gasteiger partial charge in [-0.25, -0.2) is 8.42 Å². The Labute approximate surface area is 186 Å². The van der Waals surface area contributed by atoms with Gasteiger partial charge in [0.15, 0.2) is 4.93 Å². The fourth-order valence-electron chi connectivity index (χ4n) is 2.83. The molecule has 0 aliphatic heterocycles. The molecule has 0 aromatic carbocycles. The molecule has 0 saturated carbocycles. The smallest absolute Gasteiger partial charge is 0.746 e. The Morgan fingerprint density at radius 2 is 1.13 bits per heavy atom. The van der Waals surface area contributed by atoms with Gasteiger partial charge in [-0.15, -0.1) is 0 Å². The first-order valence-corrected chi connectivity index (χ1v) is 10.5. The van der Waals surface area contributed by atoms with E-state index in [9.17, 15) is 18.1 Å². The zero-order valence-electron chi connectivity index (χ0n) is 15.5. The first-order valence-electron chi connectivity index (χ1n) is 9.05. The quantitative estimate of drug-likeness (QED) is 0.269. The molecule has 1 unspecified atom stereocenters. The maximum absolute atomic E-state index is 11.2. The van der Waals surface area contributed by atoms with E-state index in [1.807, 2.05) is 0 Å². The first kappa shape index (κ1) is 26.7. The van der Waals surface area contributed by atoms with Crippen molar-refractivity contribution in [1.82, 2.24) is 0 Å². The van der Waals surface area contributed by atoms with Crippen molar-refractivity contribution in [2.24, 2.45) is 0 Å². The van der Waals surface area contributed by atoms with Gasteiger partial charge < -0.3 is 9.66 Å². The summed E-state index contributed by atoms with van der Waals surface area (Å²) < 4.78 is 33.5. The third-order valence-electron chi connectivity index (χ3n) is 4.28. The van der Waals surface area contributed by atoms with Crippen LogP contribution in [0.3, 0.4) is 0 Å². The van der Waals surface area contributed by atoms with Gasteiger partial charge in [-0.1, -0.05) is 84.5 Å². The van der Waals surface area contributed by atoms with Crippen LogP contribution < -0.4 is 51.4 Å². The molecule has 0 radical (unpaired) electrons. The summed E-state index contributed by atoms with van der Waals surface area (Å²) in [5.41, 5.74) is 0. The minimum Gasteiger partial charge on any atom is -0.746 e. The predicted molar refractivity (Wildman–Crippen MR) is 90.6 cm³/mol. The van der Waals surface area contributed by atoms with Crippen molar-refractivity contribution in [2.45, 2.75) is 109 Å². The molecule has 6 heteroatoms. The second kappa shape index (κ2) is 15.7. The van der Waals surface area contributed by atoms with Crippen LogP contribution in [0.15, 0.2) is 0 Å². The average molecular weight is 375 g/mol. The van der Waals surface area contributed by atoms with Gasteiger partial charge in [0.1, 0.15) is 10.1 Å². The minimum atomic E-state index is -4.63. The molecule has 4 nitrogen and oxygen atoms in total. The van der Waals surface area contributed by atoms with Crippen molar-refractivity contribution < 1.29 is 69.5 Å². The van der Waals surface area contributed by atoms with Gasteiger partial charge in [0.2, 0.25) is 0 Å². The summed E-state index contributed by atoms with van der Waals surface area (Å²) in [7, 11) is -4.63. The monoisotopic (exact) mass is 374 g/mol. The second-order valence-electron chi connectivity index (χ2n) is 6.44. The van der Waals surface area contributed by atoms with Gasteiger partial charge in [0.05, 0.1) is 0 Å². The molecule has 0 bridgehead atoms. The first-order chi connectivity index (χ1) is 10.4. The molecule has 0 fully saturated rings. The van der Waals surface area contributed by atoms with Crippen LogP contribution >= 0.6 is 0 Å². The molecule has 1 N–H and O–H groups in total. The summed E-state index contributed by atoms with van der Waals surface area (Å²) in [6.45, 7) is 4.00. The predicted octanol–water partition coefficient (Wildman–Crippen LogP) is 1.73. The molecule has 23 heavy (non-hydrogen) atoms. The van der Waals surface area contributed by atoms with E-state index >= 15 is 0 Å². The fraction of sp³-hybridized carbons (Fsp3) is 1.00. The van der Waals surface area contributed by atoms with E-state index in [4.69, 9.17) is 0 Å². The summed E-state index contributed by atoms with van der Waals surface area (Å²) in [5.74, 6) is 0. The summed E-state index contributed by atoms with van der Waals surface area (Å²) in [6.07, 6.45) is 13.4. The number of hydrogen-bond donors (Lipinski definition) is 1. The number of unbranched alkanes of at least 4 members (excludes halogenated alkanes) is 10. The Hall–Kier alpha value is 1.51. The molecule has 0 heterocycles. The fourth-order valence-corrected chi connectivity index (χ4v) is 3.68. The van der Waals surface area contributed by atoms with E-state index in [0.29, 0.717) is 12.8 Å². The molecule has 1 atom stereocenters. The maximum Gasteiger partial charge on any atom is 1.00 e. The zero-order valence-corrected chi connectivity index (χ0v) is 19.4. The van der Waals surface area contributed by atoms with Gasteiger partial charge in [0, 0.05) is 0 Å². The Morgan fingerprint density at radius 1 is 0.739 bits per heavy atom. The van der Waals surface area contributed by atoms with Crippen molar-refractivity contribution in [2.75, 3.05) is 0 Å². The van der Waals surface area contributed by atoms with Crippen LogP contribution in [0.25, 0.3) is 0 Å². The number of hydrogen-bond acceptors (Lipinski definition) is 4. The minimum absolute atomic E-state index is 0. The molecular formula is C17H35KO4S. The van der Waals surface area contributed by atoms with E-state index in [1.165, 1.54) is 44.9 Å². The van der Waals surface area contributed by atoms with E-state index in [2.05, 4.69) is 6.92 Å². The molecule has 0 spiro atoms. The molecule has 0 aliphatic rings. The third kappa shape index (κ3) is 13.4. The average Bonchev–Trinajstić information content (AvgIpc) is 2.44. The van der Waals surface area contributed by atoms with Crippen molar-refractivity contribution in [3.8, 4) is 0 Å². The Morgan fingerprint density at radius 3 is 1.48 bits per heavy atom. The van der Waals surface area contributed by atoms with E-state index in [-0.39, 0.29) is 64.2 Å². The molecule has 0 saturated heterocycles. The summed E-state index contributed by atoms with van der Waals surface area (Å²) >= 11 is 0. The molecule has 0 aliphatic carbocycles. The summed E-state index contributed by atoms with van der Waals surface area (Å²) in [6, 6.07) is 0. The van der Waals surface area contributed by atoms with Crippen molar-refractivity contribution in [3.63, 3.8) is 0 Å². The molecule has 0 rings (SSSR count). The van der Waals surface area contributed by atoms with E-state index in [1.54, 1.807) is 6.92 Å². The van der Waals surface area contributed by atoms with E-state index < -0.39 is 15.1 Å². The maximum atomic E-state index is 11.2. The van der Waals surface area contributed by atoms with Crippen molar-refractivity contribution in [3.05, 3.63) is 0 Å². The number of rotatable bonds is 15. The molecule has 0 amide bonds. The SMILES string of the molecule is CCCCCCCCCCCCCC(O)(CCC)S(=O)(=O)[O-].[K+]. The summed E-state index contributed by atoms with van der Waals surface area (Å²) in [4.78, 5) is -2.05. The van der Waals surface area contributed by atoms with Crippen LogP contribution in [-0.2, 0) is 10.1 Å². The van der Waals surface area contributed by atoms with Crippen LogP contribution in [0.4, 0.5) is 0 Å². The number of aliphatic hydroxyl groups is 1. The molecular weight excluding hydrogens is 339 g/mol. The Balaban J connectivity index is 0.